The maximum atomic E-state index is 12.6. The van der Waals surface area contributed by atoms with Crippen molar-refractivity contribution in [1.82, 2.24) is 4.90 Å². The Balaban J connectivity index is 2.33. The number of carboxylic acids is 1. The van der Waals surface area contributed by atoms with E-state index in [1.807, 2.05) is 12.1 Å². The molecule has 0 aromatic heterocycles. The number of benzene rings is 1. The lowest BCUT2D eigenvalue weighted by molar-refractivity contribution is -0.311. The van der Waals surface area contributed by atoms with Gasteiger partial charge in [0, 0.05) is 0 Å². The number of ether oxygens (including phenoxy) is 1. The number of aliphatic carboxylic acids is 1. The molecule has 2 rings (SSSR count). The highest BCUT2D eigenvalue weighted by Crippen LogP contribution is 2.35. The van der Waals surface area contributed by atoms with Gasteiger partial charge in [0.2, 0.25) is 0 Å². The molecule has 7 heteroatoms. The van der Waals surface area contributed by atoms with Crippen molar-refractivity contribution in [2.45, 2.75) is 19.9 Å². The van der Waals surface area contributed by atoms with Crippen LogP contribution in [0.4, 0.5) is 0 Å². The minimum Gasteiger partial charge on any atom is -0.548 e. The van der Waals surface area contributed by atoms with E-state index in [0.717, 1.165) is 22.2 Å². The van der Waals surface area contributed by atoms with E-state index in [1.54, 1.807) is 39.2 Å². The van der Waals surface area contributed by atoms with Crippen molar-refractivity contribution < 1.29 is 19.4 Å². The molecule has 1 aromatic carbocycles. The van der Waals surface area contributed by atoms with Crippen LogP contribution >= 0.6 is 24.0 Å². The number of carbonyl (C=O) groups excluding carboxylic acids is 2. The van der Waals surface area contributed by atoms with Crippen molar-refractivity contribution in [1.29, 1.82) is 0 Å². The van der Waals surface area contributed by atoms with Crippen LogP contribution in [-0.2, 0) is 9.59 Å². The fraction of sp³-hybridized carbons (Fsp3) is 0.312. The van der Waals surface area contributed by atoms with Crippen LogP contribution in [0.2, 0.25) is 0 Å². The van der Waals surface area contributed by atoms with Gasteiger partial charge in [-0.15, -0.1) is 0 Å². The minimum atomic E-state index is -1.31. The number of amides is 1. The van der Waals surface area contributed by atoms with Crippen molar-refractivity contribution in [3.63, 3.8) is 0 Å². The van der Waals surface area contributed by atoms with Crippen LogP contribution in [0.3, 0.4) is 0 Å². The molecule has 5 nitrogen and oxygen atoms in total. The first-order valence-electron chi connectivity index (χ1n) is 6.97. The maximum Gasteiger partial charge on any atom is 0.266 e. The molecule has 1 heterocycles. The van der Waals surface area contributed by atoms with Gasteiger partial charge in [0.25, 0.3) is 5.91 Å². The molecular weight excluding hydrogens is 334 g/mol. The van der Waals surface area contributed by atoms with Crippen LogP contribution in [0, 0.1) is 5.92 Å². The molecule has 0 bridgehead atoms. The fourth-order valence-electron chi connectivity index (χ4n) is 2.28. The SMILES string of the molecule is COc1cccc(/C=C2\SC(=S)N([C@@H](C(=O)[O-])C(C)C)C2=O)c1. The zero-order chi connectivity index (χ0) is 17.1. The number of hydrogen-bond acceptors (Lipinski definition) is 6. The second-order valence-corrected chi connectivity index (χ2v) is 7.01. The predicted molar refractivity (Wildman–Crippen MR) is 91.6 cm³/mol. The lowest BCUT2D eigenvalue weighted by Gasteiger charge is -2.30. The number of methoxy groups -OCH3 is 1. The molecule has 0 spiro atoms. The molecule has 23 heavy (non-hydrogen) atoms. The van der Waals surface area contributed by atoms with E-state index in [4.69, 9.17) is 17.0 Å². The fourth-order valence-corrected chi connectivity index (χ4v) is 3.61. The van der Waals surface area contributed by atoms with E-state index in [9.17, 15) is 14.7 Å². The topological polar surface area (TPSA) is 69.7 Å². The third-order valence-electron chi connectivity index (χ3n) is 3.37. The summed E-state index contributed by atoms with van der Waals surface area (Å²) in [7, 11) is 1.56. The van der Waals surface area contributed by atoms with Gasteiger partial charge in [-0.1, -0.05) is 50.0 Å². The maximum absolute atomic E-state index is 12.6. The van der Waals surface area contributed by atoms with Crippen LogP contribution in [0.5, 0.6) is 5.75 Å². The monoisotopic (exact) mass is 350 g/mol. The molecule has 0 saturated carbocycles. The van der Waals surface area contributed by atoms with Gasteiger partial charge < -0.3 is 14.6 Å². The number of thioether (sulfide) groups is 1. The Kier molecular flexibility index (Phi) is 5.43. The second-order valence-electron chi connectivity index (χ2n) is 5.34. The number of carbonyl (C=O) groups is 2. The second kappa shape index (κ2) is 7.14. The molecule has 122 valence electrons. The van der Waals surface area contributed by atoms with Crippen molar-refractivity contribution in [2.75, 3.05) is 7.11 Å². The smallest absolute Gasteiger partial charge is 0.266 e. The first kappa shape index (κ1) is 17.5. The third-order valence-corrected chi connectivity index (χ3v) is 4.70. The van der Waals surface area contributed by atoms with E-state index >= 15 is 0 Å². The number of carboxylic acid groups (broad SMARTS) is 1. The highest BCUT2D eigenvalue weighted by atomic mass is 32.2. The van der Waals surface area contributed by atoms with E-state index in [0.29, 0.717) is 10.7 Å². The number of rotatable bonds is 5. The molecule has 1 aliphatic heterocycles. The van der Waals surface area contributed by atoms with E-state index < -0.39 is 17.9 Å². The van der Waals surface area contributed by atoms with E-state index in [1.165, 1.54) is 0 Å². The lowest BCUT2D eigenvalue weighted by Crippen LogP contribution is -2.52. The number of thiocarbonyl (C=S) groups is 1. The molecule has 0 unspecified atom stereocenters. The lowest BCUT2D eigenvalue weighted by atomic mass is 10.0. The molecule has 1 amide bonds. The molecule has 0 N–H and O–H groups in total. The molecule has 1 fully saturated rings. The van der Waals surface area contributed by atoms with E-state index in [-0.39, 0.29) is 10.2 Å². The highest BCUT2D eigenvalue weighted by molar-refractivity contribution is 8.26. The Labute approximate surface area is 144 Å². The van der Waals surface area contributed by atoms with Crippen LogP contribution in [0.1, 0.15) is 19.4 Å². The molecular formula is C16H16NO4S2-. The normalized spacial score (nSPS) is 17.9. The summed E-state index contributed by atoms with van der Waals surface area (Å²) in [5.41, 5.74) is 0.777. The molecule has 1 aromatic rings. The van der Waals surface area contributed by atoms with Gasteiger partial charge in [-0.3, -0.25) is 9.69 Å². The van der Waals surface area contributed by atoms with Crippen molar-refractivity contribution >= 4 is 46.3 Å². The van der Waals surface area contributed by atoms with Gasteiger partial charge in [0.05, 0.1) is 24.0 Å². The Morgan fingerprint density at radius 3 is 2.70 bits per heavy atom. The molecule has 0 aliphatic carbocycles. The average Bonchev–Trinajstić information content (AvgIpc) is 2.75. The Bertz CT molecular complexity index is 684. The standard InChI is InChI=1S/C16H17NO4S2/c1-9(2)13(15(19)20)17-14(18)12(23-16(17)22)8-10-5-4-6-11(7-10)21-3/h4-9,13H,1-3H3,(H,19,20)/p-1/b12-8-/t13-/m1/s1. The summed E-state index contributed by atoms with van der Waals surface area (Å²) in [6.45, 7) is 3.43. The summed E-state index contributed by atoms with van der Waals surface area (Å²) < 4.78 is 5.38. The van der Waals surface area contributed by atoms with Gasteiger partial charge in [-0.25, -0.2) is 0 Å². The van der Waals surface area contributed by atoms with Gasteiger partial charge in [-0.2, -0.15) is 0 Å². The van der Waals surface area contributed by atoms with Gasteiger partial charge >= 0.3 is 0 Å². The average molecular weight is 350 g/mol. The van der Waals surface area contributed by atoms with Crippen LogP contribution < -0.4 is 9.84 Å². The Morgan fingerprint density at radius 1 is 1.43 bits per heavy atom. The van der Waals surface area contributed by atoms with E-state index in [2.05, 4.69) is 0 Å². The summed E-state index contributed by atoms with van der Waals surface area (Å²) >= 11 is 6.28. The summed E-state index contributed by atoms with van der Waals surface area (Å²) in [6, 6.07) is 6.15. The minimum absolute atomic E-state index is 0.229. The van der Waals surface area contributed by atoms with Gasteiger partial charge in [0.15, 0.2) is 0 Å². The van der Waals surface area contributed by atoms with Gasteiger partial charge in [0.1, 0.15) is 10.1 Å². The first-order chi connectivity index (χ1) is 10.8. The number of nitrogens with zero attached hydrogens (tertiary/aromatic N) is 1. The largest absolute Gasteiger partial charge is 0.548 e. The summed E-state index contributed by atoms with van der Waals surface area (Å²) in [5, 5.41) is 11.4. The zero-order valence-corrected chi connectivity index (χ0v) is 14.6. The Morgan fingerprint density at radius 2 is 2.13 bits per heavy atom. The van der Waals surface area contributed by atoms with Crippen molar-refractivity contribution in [3.05, 3.63) is 34.7 Å². The molecule has 1 atom stereocenters. The van der Waals surface area contributed by atoms with Crippen LogP contribution in [0.25, 0.3) is 6.08 Å². The Hall–Kier alpha value is -1.86. The molecule has 0 radical (unpaired) electrons. The van der Waals surface area contributed by atoms with Crippen molar-refractivity contribution in [2.24, 2.45) is 5.92 Å². The predicted octanol–water partition coefficient (Wildman–Crippen LogP) is 1.67. The van der Waals surface area contributed by atoms with Crippen LogP contribution in [-0.4, -0.2) is 34.2 Å². The number of hydrogen-bond donors (Lipinski definition) is 0. The quantitative estimate of drug-likeness (QED) is 0.594. The summed E-state index contributed by atoms with van der Waals surface area (Å²) in [6.07, 6.45) is 1.68. The third kappa shape index (κ3) is 3.73. The summed E-state index contributed by atoms with van der Waals surface area (Å²) in [5.74, 6) is -1.35. The summed E-state index contributed by atoms with van der Waals surface area (Å²) in [4.78, 5) is 25.4. The molecule has 1 saturated heterocycles. The van der Waals surface area contributed by atoms with Gasteiger partial charge in [-0.05, 0) is 29.7 Å². The zero-order valence-electron chi connectivity index (χ0n) is 12.9. The van der Waals surface area contributed by atoms with Crippen molar-refractivity contribution in [3.8, 4) is 5.75 Å². The molecule has 1 aliphatic rings. The highest BCUT2D eigenvalue weighted by Gasteiger charge is 2.38. The first-order valence-corrected chi connectivity index (χ1v) is 8.19. The van der Waals surface area contributed by atoms with Crippen LogP contribution in [0.15, 0.2) is 29.2 Å².